The van der Waals surface area contributed by atoms with Gasteiger partial charge in [-0.2, -0.15) is 23.7 Å². The molecule has 0 amide bonds. The summed E-state index contributed by atoms with van der Waals surface area (Å²) in [6, 6.07) is 18.5. The number of aromatic nitrogens is 2. The number of nitriles is 2. The normalized spacial score (nSPS) is 12.1. The van der Waals surface area contributed by atoms with Gasteiger partial charge in [-0.25, -0.2) is 14.4 Å². The number of alkyl halides is 3. The molecule has 158 valence electrons. The largest absolute Gasteiger partial charge is 0.419 e. The van der Waals surface area contributed by atoms with Crippen LogP contribution in [-0.4, -0.2) is 9.97 Å². The number of allylic oxidation sites excluding steroid dienone is 1. The molecule has 0 fully saturated rings. The molecular weight excluding hydrogens is 432 g/mol. The van der Waals surface area contributed by atoms with Crippen LogP contribution in [0.15, 0.2) is 66.2 Å². The molecule has 1 aliphatic rings. The molecule has 3 aromatic carbocycles. The first-order valence-corrected chi connectivity index (χ1v) is 9.65. The molecule has 1 heterocycles. The lowest BCUT2D eigenvalue weighted by atomic mass is 10.0. The fourth-order valence-corrected chi connectivity index (χ4v) is 3.94. The summed E-state index contributed by atoms with van der Waals surface area (Å²) < 4.78 is 53.1. The quantitative estimate of drug-likeness (QED) is 0.226. The van der Waals surface area contributed by atoms with E-state index >= 15 is 0 Å². The molecule has 0 aliphatic heterocycles. The lowest BCUT2D eigenvalue weighted by Crippen LogP contribution is -2.08. The molecule has 33 heavy (non-hydrogen) atoms. The third-order valence-corrected chi connectivity index (χ3v) is 5.43. The van der Waals surface area contributed by atoms with Gasteiger partial charge in [-0.3, -0.25) is 0 Å². The predicted molar refractivity (Wildman–Crippen MR) is 113 cm³/mol. The molecule has 0 atom stereocenters. The number of benzene rings is 3. The van der Waals surface area contributed by atoms with Crippen LogP contribution in [0.3, 0.4) is 0 Å². The Morgan fingerprint density at radius 2 is 1.39 bits per heavy atom. The average Bonchev–Trinajstić information content (AvgIpc) is 3.11. The fourth-order valence-electron chi connectivity index (χ4n) is 3.94. The highest BCUT2D eigenvalue weighted by Gasteiger charge is 2.34. The third kappa shape index (κ3) is 3.20. The number of halogens is 4. The predicted octanol–water partition coefficient (Wildman–Crippen LogP) is 6.28. The molecule has 0 radical (unpaired) electrons. The summed E-state index contributed by atoms with van der Waals surface area (Å²) in [4.78, 5) is 9.27. The zero-order valence-electron chi connectivity index (χ0n) is 16.6. The molecule has 0 unspecified atom stereocenters. The van der Waals surface area contributed by atoms with Crippen molar-refractivity contribution in [3.8, 4) is 34.5 Å². The van der Waals surface area contributed by atoms with E-state index in [0.717, 1.165) is 12.1 Å². The van der Waals surface area contributed by atoms with E-state index in [1.54, 1.807) is 42.5 Å². The second-order valence-electron chi connectivity index (χ2n) is 7.34. The minimum absolute atomic E-state index is 0.0857. The van der Waals surface area contributed by atoms with Crippen LogP contribution >= 0.6 is 0 Å². The van der Waals surface area contributed by atoms with Crippen LogP contribution in [-0.2, 0) is 6.18 Å². The number of rotatable bonds is 1. The summed E-state index contributed by atoms with van der Waals surface area (Å²) in [5.41, 5.74) is 2.66. The van der Waals surface area contributed by atoms with E-state index in [4.69, 9.17) is 0 Å². The van der Waals surface area contributed by atoms with E-state index in [0.29, 0.717) is 44.7 Å². The van der Waals surface area contributed by atoms with E-state index in [1.165, 1.54) is 6.07 Å². The number of hydrogen-bond donors (Lipinski definition) is 0. The van der Waals surface area contributed by atoms with Gasteiger partial charge in [-0.1, -0.05) is 36.4 Å². The Kier molecular flexibility index (Phi) is 4.47. The van der Waals surface area contributed by atoms with Crippen LogP contribution in [0.2, 0.25) is 0 Å². The van der Waals surface area contributed by atoms with Gasteiger partial charge in [0.05, 0.1) is 28.0 Å². The SMILES string of the molecule is N#CC(C#N)=C1c2ccccc2-c2nc3cc(-c4ccc(F)c(C(F)(F)F)c4)ccc3nc21. The molecule has 0 N–H and O–H groups in total. The summed E-state index contributed by atoms with van der Waals surface area (Å²) in [6.07, 6.45) is -4.82. The molecule has 1 aromatic heterocycles. The summed E-state index contributed by atoms with van der Waals surface area (Å²) >= 11 is 0. The van der Waals surface area contributed by atoms with E-state index in [-0.39, 0.29) is 11.1 Å². The first-order chi connectivity index (χ1) is 15.8. The molecule has 5 rings (SSSR count). The highest BCUT2D eigenvalue weighted by Crippen LogP contribution is 2.44. The van der Waals surface area contributed by atoms with Gasteiger partial charge >= 0.3 is 6.18 Å². The average molecular weight is 442 g/mol. The Hall–Kier alpha value is -4.56. The number of hydrogen-bond acceptors (Lipinski definition) is 4. The van der Waals surface area contributed by atoms with Gasteiger partial charge in [0.1, 0.15) is 23.5 Å². The van der Waals surface area contributed by atoms with Crippen molar-refractivity contribution in [1.29, 1.82) is 10.5 Å². The maximum atomic E-state index is 13.7. The van der Waals surface area contributed by atoms with Crippen molar-refractivity contribution in [1.82, 2.24) is 9.97 Å². The highest BCUT2D eigenvalue weighted by atomic mass is 19.4. The van der Waals surface area contributed by atoms with Gasteiger partial charge in [0, 0.05) is 11.1 Å². The van der Waals surface area contributed by atoms with Crippen molar-refractivity contribution in [2.75, 3.05) is 0 Å². The Morgan fingerprint density at radius 3 is 2.09 bits per heavy atom. The van der Waals surface area contributed by atoms with Gasteiger partial charge in [0.2, 0.25) is 0 Å². The van der Waals surface area contributed by atoms with Crippen molar-refractivity contribution < 1.29 is 17.6 Å². The van der Waals surface area contributed by atoms with Crippen molar-refractivity contribution in [2.24, 2.45) is 0 Å². The zero-order chi connectivity index (χ0) is 23.3. The first-order valence-electron chi connectivity index (χ1n) is 9.65. The zero-order valence-corrected chi connectivity index (χ0v) is 16.6. The monoisotopic (exact) mass is 442 g/mol. The Bertz CT molecular complexity index is 1570. The Morgan fingerprint density at radius 1 is 0.758 bits per heavy atom. The molecule has 8 heteroatoms. The van der Waals surface area contributed by atoms with Crippen LogP contribution in [0, 0.1) is 28.5 Å². The lowest BCUT2D eigenvalue weighted by molar-refractivity contribution is -0.139. The minimum Gasteiger partial charge on any atom is -0.244 e. The highest BCUT2D eigenvalue weighted by molar-refractivity contribution is 6.03. The Balaban J connectivity index is 1.73. The van der Waals surface area contributed by atoms with Crippen LogP contribution in [0.5, 0.6) is 0 Å². The summed E-state index contributed by atoms with van der Waals surface area (Å²) in [7, 11) is 0. The summed E-state index contributed by atoms with van der Waals surface area (Å²) in [6.45, 7) is 0. The van der Waals surface area contributed by atoms with E-state index in [9.17, 15) is 28.1 Å². The maximum absolute atomic E-state index is 13.7. The van der Waals surface area contributed by atoms with Gasteiger partial charge in [-0.05, 0) is 41.0 Å². The van der Waals surface area contributed by atoms with Crippen molar-refractivity contribution in [2.45, 2.75) is 6.18 Å². The summed E-state index contributed by atoms with van der Waals surface area (Å²) in [5.74, 6) is -1.34. The fraction of sp³-hybridized carbons (Fsp3) is 0.0400. The van der Waals surface area contributed by atoms with Gasteiger partial charge in [-0.15, -0.1) is 0 Å². The number of nitrogens with zero attached hydrogens (tertiary/aromatic N) is 4. The molecule has 0 spiro atoms. The molecule has 0 saturated heterocycles. The van der Waals surface area contributed by atoms with Crippen LogP contribution in [0.4, 0.5) is 17.6 Å². The molecule has 0 saturated carbocycles. The standard InChI is InChI=1S/C25H10F4N4/c26-19-7-5-13(9-18(19)25(27,28)29)14-6-8-20-21(10-14)33-23-17-4-2-1-3-16(17)22(24(23)32-20)15(11-30)12-31/h1-10H. The first kappa shape index (κ1) is 20.3. The van der Waals surface area contributed by atoms with Gasteiger partial charge < -0.3 is 0 Å². The summed E-state index contributed by atoms with van der Waals surface area (Å²) in [5, 5.41) is 18.9. The van der Waals surface area contributed by atoms with Crippen LogP contribution in [0.25, 0.3) is 39.0 Å². The van der Waals surface area contributed by atoms with Gasteiger partial charge in [0.15, 0.2) is 0 Å². The Labute approximate surface area is 184 Å². The maximum Gasteiger partial charge on any atom is 0.419 e. The topological polar surface area (TPSA) is 73.4 Å². The van der Waals surface area contributed by atoms with Crippen molar-refractivity contribution in [3.05, 3.63) is 88.9 Å². The van der Waals surface area contributed by atoms with Crippen molar-refractivity contribution >= 4 is 16.6 Å². The van der Waals surface area contributed by atoms with Crippen LogP contribution in [0.1, 0.15) is 16.8 Å². The van der Waals surface area contributed by atoms with E-state index < -0.39 is 17.6 Å². The molecule has 4 nitrogen and oxygen atoms in total. The molecule has 1 aliphatic carbocycles. The lowest BCUT2D eigenvalue weighted by Gasteiger charge is -2.11. The smallest absolute Gasteiger partial charge is 0.244 e. The second-order valence-corrected chi connectivity index (χ2v) is 7.34. The van der Waals surface area contributed by atoms with E-state index in [2.05, 4.69) is 9.97 Å². The molecular formula is C25H10F4N4. The third-order valence-electron chi connectivity index (χ3n) is 5.43. The van der Waals surface area contributed by atoms with Crippen LogP contribution < -0.4 is 0 Å². The van der Waals surface area contributed by atoms with Gasteiger partial charge in [0.25, 0.3) is 0 Å². The second kappa shape index (κ2) is 7.25. The minimum atomic E-state index is -4.82. The number of fused-ring (bicyclic) bond motifs is 4. The van der Waals surface area contributed by atoms with Crippen molar-refractivity contribution in [3.63, 3.8) is 0 Å². The molecule has 4 aromatic rings. The molecule has 0 bridgehead atoms. The van der Waals surface area contributed by atoms with E-state index in [1.807, 2.05) is 12.1 Å².